The van der Waals surface area contributed by atoms with Crippen LogP contribution in [0, 0.1) is 13.8 Å². The topological polar surface area (TPSA) is 92.0 Å². The fourth-order valence-electron chi connectivity index (χ4n) is 2.05. The molecule has 3 rings (SSSR count). The van der Waals surface area contributed by atoms with Crippen molar-refractivity contribution in [1.82, 2.24) is 15.1 Å². The summed E-state index contributed by atoms with van der Waals surface area (Å²) in [6.07, 6.45) is 0. The molecule has 0 spiro atoms. The van der Waals surface area contributed by atoms with Crippen LogP contribution in [-0.2, 0) is 0 Å². The quantitative estimate of drug-likeness (QED) is 0.753. The average Bonchev–Trinajstić information content (AvgIpc) is 2.88. The van der Waals surface area contributed by atoms with Gasteiger partial charge in [0.15, 0.2) is 0 Å². The maximum absolute atomic E-state index is 11.7. The predicted octanol–water partition coefficient (Wildman–Crippen LogP) is 2.41. The summed E-state index contributed by atoms with van der Waals surface area (Å²) in [5, 5.41) is 13.5. The van der Waals surface area contributed by atoms with Crippen molar-refractivity contribution in [1.29, 1.82) is 0 Å². The number of phenols is 1. The van der Waals surface area contributed by atoms with Crippen molar-refractivity contribution in [2.45, 2.75) is 13.8 Å². The van der Waals surface area contributed by atoms with Gasteiger partial charge in [-0.25, -0.2) is 4.79 Å². The number of nitrogens with zero attached hydrogens (tertiary/aromatic N) is 2. The van der Waals surface area contributed by atoms with E-state index in [0.717, 1.165) is 5.56 Å². The Morgan fingerprint density at radius 3 is 2.62 bits per heavy atom. The van der Waals surface area contributed by atoms with E-state index in [1.807, 2.05) is 0 Å². The molecule has 0 fully saturated rings. The molecule has 2 heterocycles. The molecule has 0 radical (unpaired) electrons. The van der Waals surface area contributed by atoms with Gasteiger partial charge in [0.2, 0.25) is 0 Å². The van der Waals surface area contributed by atoms with Crippen LogP contribution >= 0.6 is 0 Å². The van der Waals surface area contributed by atoms with E-state index in [4.69, 9.17) is 4.52 Å². The van der Waals surface area contributed by atoms with Gasteiger partial charge in [-0.05, 0) is 43.7 Å². The van der Waals surface area contributed by atoms with E-state index in [1.165, 1.54) is 0 Å². The monoisotopic (exact) mass is 283 g/mol. The van der Waals surface area contributed by atoms with E-state index in [-0.39, 0.29) is 5.75 Å². The van der Waals surface area contributed by atoms with Gasteiger partial charge in [-0.15, -0.1) is 0 Å². The lowest BCUT2D eigenvalue weighted by molar-refractivity contribution is 0.399. The van der Waals surface area contributed by atoms with Gasteiger partial charge < -0.3 is 14.6 Å². The summed E-state index contributed by atoms with van der Waals surface area (Å²) >= 11 is 0. The van der Waals surface area contributed by atoms with Gasteiger partial charge >= 0.3 is 5.69 Å². The second-order valence-electron chi connectivity index (χ2n) is 4.81. The zero-order valence-corrected chi connectivity index (χ0v) is 11.5. The minimum absolute atomic E-state index is 0.205. The molecule has 0 aliphatic rings. The lowest BCUT2D eigenvalue weighted by Crippen LogP contribution is -2.12. The summed E-state index contributed by atoms with van der Waals surface area (Å²) in [5.74, 6) is 0.862. The molecule has 0 saturated carbocycles. The Bertz CT molecular complexity index is 865. The molecule has 1 aromatic carbocycles. The number of benzene rings is 1. The van der Waals surface area contributed by atoms with E-state index in [2.05, 4.69) is 15.1 Å². The van der Waals surface area contributed by atoms with Crippen molar-refractivity contribution in [3.05, 3.63) is 52.1 Å². The zero-order valence-electron chi connectivity index (χ0n) is 11.5. The van der Waals surface area contributed by atoms with E-state index in [1.54, 1.807) is 44.2 Å². The molecule has 106 valence electrons. The summed E-state index contributed by atoms with van der Waals surface area (Å²) in [4.78, 5) is 18.3. The van der Waals surface area contributed by atoms with Crippen LogP contribution in [-0.4, -0.2) is 20.2 Å². The fourth-order valence-corrected chi connectivity index (χ4v) is 2.05. The van der Waals surface area contributed by atoms with E-state index < -0.39 is 5.69 Å². The second-order valence-corrected chi connectivity index (χ2v) is 4.81. The van der Waals surface area contributed by atoms with Crippen LogP contribution in [0.5, 0.6) is 5.75 Å². The maximum Gasteiger partial charge on any atom is 0.346 e. The third-order valence-corrected chi connectivity index (χ3v) is 3.14. The number of aromatic hydroxyl groups is 1. The molecule has 0 aliphatic carbocycles. The summed E-state index contributed by atoms with van der Waals surface area (Å²) < 4.78 is 5.01. The number of H-pyrrole nitrogens is 1. The second kappa shape index (κ2) is 4.90. The van der Waals surface area contributed by atoms with Gasteiger partial charge in [0.05, 0.1) is 11.4 Å². The summed E-state index contributed by atoms with van der Waals surface area (Å²) in [6.45, 7) is 3.56. The molecular formula is C15H13N3O3. The van der Waals surface area contributed by atoms with Crippen molar-refractivity contribution in [2.24, 2.45) is 0 Å². The Morgan fingerprint density at radius 2 is 1.95 bits per heavy atom. The van der Waals surface area contributed by atoms with Crippen LogP contribution in [0.15, 0.2) is 39.6 Å². The molecule has 0 saturated heterocycles. The molecule has 2 N–H and O–H groups in total. The van der Waals surface area contributed by atoms with Crippen LogP contribution in [0.3, 0.4) is 0 Å². The molecule has 0 unspecified atom stereocenters. The largest absolute Gasteiger partial charge is 0.508 e. The van der Waals surface area contributed by atoms with Gasteiger partial charge in [-0.2, -0.15) is 4.98 Å². The normalized spacial score (nSPS) is 10.8. The van der Waals surface area contributed by atoms with E-state index in [9.17, 15) is 9.90 Å². The highest BCUT2D eigenvalue weighted by Gasteiger charge is 2.10. The number of hydrogen-bond donors (Lipinski definition) is 2. The van der Waals surface area contributed by atoms with Crippen LogP contribution < -0.4 is 5.69 Å². The number of phenolic OH excluding ortho intramolecular Hbond substituents is 1. The third-order valence-electron chi connectivity index (χ3n) is 3.14. The Kier molecular flexibility index (Phi) is 3.06. The van der Waals surface area contributed by atoms with Crippen LogP contribution in [0.25, 0.3) is 22.6 Å². The van der Waals surface area contributed by atoms with Crippen molar-refractivity contribution < 1.29 is 9.63 Å². The molecular weight excluding hydrogens is 270 g/mol. The number of rotatable bonds is 2. The SMILES string of the molecule is Cc1cc(-c2cc(-c3ccc(O)c(C)c3)nc(=O)[nH]2)no1. The highest BCUT2D eigenvalue weighted by atomic mass is 16.5. The minimum Gasteiger partial charge on any atom is -0.508 e. The Labute approximate surface area is 120 Å². The minimum atomic E-state index is -0.464. The molecule has 21 heavy (non-hydrogen) atoms. The van der Waals surface area contributed by atoms with E-state index in [0.29, 0.717) is 28.4 Å². The Hall–Kier alpha value is -2.89. The molecule has 0 bridgehead atoms. The highest BCUT2D eigenvalue weighted by Crippen LogP contribution is 2.25. The highest BCUT2D eigenvalue weighted by molar-refractivity contribution is 5.66. The number of hydrogen-bond acceptors (Lipinski definition) is 5. The number of aryl methyl sites for hydroxylation is 2. The first kappa shape index (κ1) is 13.1. The fraction of sp³-hybridized carbons (Fsp3) is 0.133. The average molecular weight is 283 g/mol. The molecule has 0 atom stereocenters. The van der Waals surface area contributed by atoms with Gasteiger partial charge in [0, 0.05) is 11.6 Å². The smallest absolute Gasteiger partial charge is 0.346 e. The molecule has 6 heteroatoms. The molecule has 0 aliphatic heterocycles. The number of nitrogens with one attached hydrogen (secondary N) is 1. The first-order chi connectivity index (χ1) is 10.0. The Balaban J connectivity index is 2.13. The molecule has 2 aromatic heterocycles. The van der Waals surface area contributed by atoms with E-state index >= 15 is 0 Å². The lowest BCUT2D eigenvalue weighted by atomic mass is 10.1. The Morgan fingerprint density at radius 1 is 1.14 bits per heavy atom. The third kappa shape index (κ3) is 2.55. The standard InChI is InChI=1S/C15H13N3O3/c1-8-5-10(3-4-14(8)19)11-7-12(17-15(20)16-11)13-6-9(2)21-18-13/h3-7,19H,1-2H3,(H,16,17,20). The lowest BCUT2D eigenvalue weighted by Gasteiger charge is -2.05. The van der Waals surface area contributed by atoms with Gasteiger partial charge in [-0.3, -0.25) is 0 Å². The first-order valence-corrected chi connectivity index (χ1v) is 6.38. The molecule has 3 aromatic rings. The van der Waals surface area contributed by atoms with Gasteiger partial charge in [-0.1, -0.05) is 5.16 Å². The summed E-state index contributed by atoms with van der Waals surface area (Å²) in [6, 6.07) is 8.52. The first-order valence-electron chi connectivity index (χ1n) is 6.38. The van der Waals surface area contributed by atoms with Gasteiger partial charge in [0.25, 0.3) is 0 Å². The van der Waals surface area contributed by atoms with Crippen LogP contribution in [0.2, 0.25) is 0 Å². The predicted molar refractivity (Wildman–Crippen MR) is 76.9 cm³/mol. The maximum atomic E-state index is 11.7. The van der Waals surface area contributed by atoms with Crippen LogP contribution in [0.1, 0.15) is 11.3 Å². The van der Waals surface area contributed by atoms with Crippen LogP contribution in [0.4, 0.5) is 0 Å². The molecule has 6 nitrogen and oxygen atoms in total. The summed E-state index contributed by atoms with van der Waals surface area (Å²) in [7, 11) is 0. The van der Waals surface area contributed by atoms with Crippen molar-refractivity contribution in [2.75, 3.05) is 0 Å². The van der Waals surface area contributed by atoms with Gasteiger partial charge in [0.1, 0.15) is 17.2 Å². The molecule has 0 amide bonds. The summed E-state index contributed by atoms with van der Waals surface area (Å²) in [5.41, 5.74) is 2.59. The number of aromatic amines is 1. The van der Waals surface area contributed by atoms with Crippen molar-refractivity contribution in [3.8, 4) is 28.4 Å². The number of aromatic nitrogens is 3. The van der Waals surface area contributed by atoms with Crippen molar-refractivity contribution >= 4 is 0 Å². The van der Waals surface area contributed by atoms with Crippen molar-refractivity contribution in [3.63, 3.8) is 0 Å². The zero-order chi connectivity index (χ0) is 15.0.